The van der Waals surface area contributed by atoms with E-state index >= 15 is 0 Å². The molecule has 1 unspecified atom stereocenters. The molecule has 1 N–H and O–H groups in total. The van der Waals surface area contributed by atoms with Gasteiger partial charge in [0.2, 0.25) is 0 Å². The predicted molar refractivity (Wildman–Crippen MR) is 62.2 cm³/mol. The lowest BCUT2D eigenvalue weighted by molar-refractivity contribution is 0.0252. The molecule has 0 aromatic heterocycles. The lowest BCUT2D eigenvalue weighted by Crippen LogP contribution is -2.41. The first-order valence-electron chi connectivity index (χ1n) is 5.64. The number of rotatable bonds is 1. The molecular weight excluding hydrogens is 206 g/mol. The summed E-state index contributed by atoms with van der Waals surface area (Å²) in [4.78, 5) is 13.4. The Labute approximate surface area is 96.9 Å². The number of carbonyl (C=O) groups excluding carboxylic acids is 1. The normalized spacial score (nSPS) is 19.1. The van der Waals surface area contributed by atoms with Crippen molar-refractivity contribution in [2.24, 2.45) is 0 Å². The molecule has 0 bridgehead atoms. The Kier molecular flexibility index (Phi) is 3.97. The average molecular weight is 227 g/mol. The van der Waals surface area contributed by atoms with E-state index in [1.165, 1.54) is 0 Å². The van der Waals surface area contributed by atoms with Crippen molar-refractivity contribution in [1.29, 1.82) is 0 Å². The summed E-state index contributed by atoms with van der Waals surface area (Å²) in [5.74, 6) is 0. The molecule has 0 spiro atoms. The number of aliphatic hydroxyl groups excluding tert-OH is 1. The lowest BCUT2D eigenvalue weighted by Gasteiger charge is -2.31. The van der Waals surface area contributed by atoms with Gasteiger partial charge < -0.3 is 14.7 Å². The van der Waals surface area contributed by atoms with Gasteiger partial charge in [0, 0.05) is 13.1 Å². The van der Waals surface area contributed by atoms with Crippen LogP contribution in [-0.2, 0) is 4.74 Å². The van der Waals surface area contributed by atoms with E-state index in [0.717, 1.165) is 12.0 Å². The molecular formula is C12H21NO3. The molecule has 16 heavy (non-hydrogen) atoms. The standard InChI is InChI=1S/C12H21NO3/c1-9(14)10-6-5-7-13(8-10)11(15)16-12(2,3)4/h6,9,14H,5,7-8H2,1-4H3. The maximum absolute atomic E-state index is 11.8. The summed E-state index contributed by atoms with van der Waals surface area (Å²) in [5.41, 5.74) is 0.417. The van der Waals surface area contributed by atoms with Gasteiger partial charge in [0.25, 0.3) is 0 Å². The number of hydrogen-bond donors (Lipinski definition) is 1. The van der Waals surface area contributed by atoms with Crippen LogP contribution in [0.25, 0.3) is 0 Å². The molecule has 0 aliphatic carbocycles. The molecule has 0 saturated carbocycles. The number of nitrogens with zero attached hydrogens (tertiary/aromatic N) is 1. The molecule has 4 heteroatoms. The lowest BCUT2D eigenvalue weighted by atomic mass is 10.1. The second kappa shape index (κ2) is 4.87. The van der Waals surface area contributed by atoms with Gasteiger partial charge in [-0.1, -0.05) is 6.08 Å². The van der Waals surface area contributed by atoms with E-state index in [4.69, 9.17) is 4.74 Å². The Hall–Kier alpha value is -1.03. The fourth-order valence-electron chi connectivity index (χ4n) is 1.55. The van der Waals surface area contributed by atoms with Crippen LogP contribution in [0.3, 0.4) is 0 Å². The topological polar surface area (TPSA) is 49.8 Å². The van der Waals surface area contributed by atoms with Crippen LogP contribution in [0.5, 0.6) is 0 Å². The highest BCUT2D eigenvalue weighted by Crippen LogP contribution is 2.16. The van der Waals surface area contributed by atoms with Crippen molar-refractivity contribution in [1.82, 2.24) is 4.90 Å². The molecule has 1 atom stereocenters. The second-order valence-electron chi connectivity index (χ2n) is 5.15. The smallest absolute Gasteiger partial charge is 0.410 e. The van der Waals surface area contributed by atoms with Crippen LogP contribution < -0.4 is 0 Å². The van der Waals surface area contributed by atoms with Crippen LogP contribution in [0.4, 0.5) is 4.79 Å². The summed E-state index contributed by atoms with van der Waals surface area (Å²) in [5, 5.41) is 9.46. The van der Waals surface area contributed by atoms with Gasteiger partial charge in [-0.3, -0.25) is 0 Å². The van der Waals surface area contributed by atoms with E-state index in [0.29, 0.717) is 13.1 Å². The molecule has 0 aromatic rings. The molecule has 0 radical (unpaired) electrons. The van der Waals surface area contributed by atoms with Gasteiger partial charge >= 0.3 is 6.09 Å². The molecule has 1 aliphatic rings. The molecule has 0 saturated heterocycles. The van der Waals surface area contributed by atoms with Crippen molar-refractivity contribution < 1.29 is 14.6 Å². The van der Waals surface area contributed by atoms with Gasteiger partial charge in [-0.2, -0.15) is 0 Å². The first-order chi connectivity index (χ1) is 7.29. The van der Waals surface area contributed by atoms with Crippen molar-refractivity contribution in [3.8, 4) is 0 Å². The highest BCUT2D eigenvalue weighted by Gasteiger charge is 2.25. The molecule has 1 rings (SSSR count). The van der Waals surface area contributed by atoms with Gasteiger partial charge in [0.1, 0.15) is 5.60 Å². The van der Waals surface area contributed by atoms with Crippen LogP contribution in [0, 0.1) is 0 Å². The first-order valence-corrected chi connectivity index (χ1v) is 5.64. The maximum Gasteiger partial charge on any atom is 0.410 e. The van der Waals surface area contributed by atoms with Crippen LogP contribution in [0.2, 0.25) is 0 Å². The maximum atomic E-state index is 11.8. The van der Waals surface area contributed by atoms with Gasteiger partial charge in [0.05, 0.1) is 6.10 Å². The molecule has 1 aliphatic heterocycles. The SMILES string of the molecule is CC(O)C1=CCCN(C(=O)OC(C)(C)C)C1. The first kappa shape index (κ1) is 13.0. The zero-order valence-electron chi connectivity index (χ0n) is 10.5. The van der Waals surface area contributed by atoms with Crippen LogP contribution >= 0.6 is 0 Å². The van der Waals surface area contributed by atoms with E-state index in [9.17, 15) is 9.90 Å². The number of amides is 1. The fraction of sp³-hybridized carbons (Fsp3) is 0.750. The predicted octanol–water partition coefficient (Wildman–Crippen LogP) is 1.93. The summed E-state index contributed by atoms with van der Waals surface area (Å²) >= 11 is 0. The number of hydrogen-bond acceptors (Lipinski definition) is 3. The fourth-order valence-corrected chi connectivity index (χ4v) is 1.55. The van der Waals surface area contributed by atoms with Crippen molar-refractivity contribution in [3.05, 3.63) is 11.6 Å². The second-order valence-corrected chi connectivity index (χ2v) is 5.15. The van der Waals surface area contributed by atoms with E-state index in [2.05, 4.69) is 0 Å². The molecule has 4 nitrogen and oxygen atoms in total. The van der Waals surface area contributed by atoms with Gasteiger partial charge in [-0.15, -0.1) is 0 Å². The third-order valence-corrected chi connectivity index (χ3v) is 2.37. The Morgan fingerprint density at radius 2 is 2.19 bits per heavy atom. The molecule has 1 heterocycles. The molecule has 1 amide bonds. The largest absolute Gasteiger partial charge is 0.444 e. The Morgan fingerprint density at radius 1 is 1.56 bits per heavy atom. The van der Waals surface area contributed by atoms with E-state index < -0.39 is 11.7 Å². The number of carbonyl (C=O) groups is 1. The van der Waals surface area contributed by atoms with Crippen molar-refractivity contribution in [3.63, 3.8) is 0 Å². The highest BCUT2D eigenvalue weighted by molar-refractivity contribution is 5.68. The summed E-state index contributed by atoms with van der Waals surface area (Å²) in [6.07, 6.45) is 1.97. The monoisotopic (exact) mass is 227 g/mol. The van der Waals surface area contributed by atoms with Gasteiger partial charge in [-0.25, -0.2) is 4.79 Å². The quantitative estimate of drug-likeness (QED) is 0.696. The Bertz CT molecular complexity index is 289. The van der Waals surface area contributed by atoms with E-state index in [1.807, 2.05) is 26.8 Å². The van der Waals surface area contributed by atoms with E-state index in [-0.39, 0.29) is 6.09 Å². The summed E-state index contributed by atoms with van der Waals surface area (Å²) in [6.45, 7) is 8.38. The van der Waals surface area contributed by atoms with Crippen molar-refractivity contribution in [2.45, 2.75) is 45.8 Å². The summed E-state index contributed by atoms with van der Waals surface area (Å²) in [6, 6.07) is 0. The average Bonchev–Trinajstić information content (AvgIpc) is 2.15. The van der Waals surface area contributed by atoms with E-state index in [1.54, 1.807) is 11.8 Å². The molecule has 92 valence electrons. The zero-order chi connectivity index (χ0) is 12.3. The van der Waals surface area contributed by atoms with Crippen LogP contribution in [0.1, 0.15) is 34.1 Å². The Balaban J connectivity index is 2.57. The third-order valence-electron chi connectivity index (χ3n) is 2.37. The van der Waals surface area contributed by atoms with Gasteiger partial charge in [0.15, 0.2) is 0 Å². The summed E-state index contributed by atoms with van der Waals surface area (Å²) in [7, 11) is 0. The summed E-state index contributed by atoms with van der Waals surface area (Å²) < 4.78 is 5.28. The third kappa shape index (κ3) is 3.85. The number of aliphatic hydroxyl groups is 1. The minimum Gasteiger partial charge on any atom is -0.444 e. The number of ether oxygens (including phenoxy) is 1. The van der Waals surface area contributed by atoms with Crippen LogP contribution in [0.15, 0.2) is 11.6 Å². The van der Waals surface area contributed by atoms with Gasteiger partial charge in [-0.05, 0) is 39.7 Å². The molecule has 0 fully saturated rings. The van der Waals surface area contributed by atoms with Crippen molar-refractivity contribution >= 4 is 6.09 Å². The molecule has 0 aromatic carbocycles. The van der Waals surface area contributed by atoms with Crippen molar-refractivity contribution in [2.75, 3.05) is 13.1 Å². The minimum atomic E-state index is -0.495. The van der Waals surface area contributed by atoms with Crippen LogP contribution in [-0.4, -0.2) is 40.9 Å². The Morgan fingerprint density at radius 3 is 2.69 bits per heavy atom. The minimum absolute atomic E-state index is 0.307. The zero-order valence-corrected chi connectivity index (χ0v) is 10.5. The highest BCUT2D eigenvalue weighted by atomic mass is 16.6.